The maximum atomic E-state index is 11.7. The average molecular weight is 1120 g/mol. The zero-order chi connectivity index (χ0) is 60.2. The SMILES string of the molecule is CC.CC.CC[C@@](CO)(OC)OC(CO)CO.CC[C@@](CO)(OC)OC(CO)COC(=O)CCCC(=O)NC(C)(C)C.CC[C@@](CO)(OC)OC(CO)COC(=O)CCCC(=O)O.CC[C@@]1(OC)O[C@H](CO)[C@H](O)[C@@H]1O. The molecule has 12 N–H and O–H groups in total. The molecule has 26 nitrogen and oxygen atoms in total. The molecule has 0 aliphatic carbocycles. The van der Waals surface area contributed by atoms with Crippen LogP contribution in [0.1, 0.15) is 140 Å². The molecular weight excluding hydrogens is 1010 g/mol. The van der Waals surface area contributed by atoms with Crippen molar-refractivity contribution in [2.24, 2.45) is 0 Å². The molecule has 2 unspecified atom stereocenters. The zero-order valence-corrected chi connectivity index (χ0v) is 48.2. The van der Waals surface area contributed by atoms with Gasteiger partial charge in [-0.15, -0.1) is 0 Å². The molecule has 1 heterocycles. The summed E-state index contributed by atoms with van der Waals surface area (Å²) < 4.78 is 51.6. The van der Waals surface area contributed by atoms with Crippen LogP contribution in [0.5, 0.6) is 0 Å². The van der Waals surface area contributed by atoms with Crippen molar-refractivity contribution in [3.63, 3.8) is 0 Å². The minimum absolute atomic E-state index is 0.0202. The third kappa shape index (κ3) is 34.2. The second-order valence-corrected chi connectivity index (χ2v) is 17.2. The number of carboxylic acid groups (broad SMARTS) is 1. The highest BCUT2D eigenvalue weighted by Gasteiger charge is 2.53. The van der Waals surface area contributed by atoms with Gasteiger partial charge in [-0.2, -0.15) is 0 Å². The van der Waals surface area contributed by atoms with Crippen LogP contribution in [0.15, 0.2) is 0 Å². The minimum Gasteiger partial charge on any atom is -0.481 e. The Balaban J connectivity index is -0.000000298. The molecule has 1 amide bonds. The molecule has 26 heteroatoms. The molecule has 0 radical (unpaired) electrons. The fourth-order valence-corrected chi connectivity index (χ4v) is 6.14. The highest BCUT2D eigenvalue weighted by Crippen LogP contribution is 2.34. The fraction of sp³-hybridized carbons (Fsp3) is 0.920. The first-order valence-electron chi connectivity index (χ1n) is 25.8. The van der Waals surface area contributed by atoms with Gasteiger partial charge in [0.1, 0.15) is 49.8 Å². The van der Waals surface area contributed by atoms with E-state index in [1.54, 1.807) is 27.7 Å². The lowest BCUT2D eigenvalue weighted by Crippen LogP contribution is -2.44. The van der Waals surface area contributed by atoms with E-state index in [-0.39, 0.29) is 96.4 Å². The summed E-state index contributed by atoms with van der Waals surface area (Å²) in [5, 5.41) is 103. The Bertz CT molecular complexity index is 1380. The number of hydrogen-bond donors (Lipinski definition) is 12. The number of carboxylic acids is 1. The highest BCUT2D eigenvalue weighted by molar-refractivity contribution is 5.77. The summed E-state index contributed by atoms with van der Waals surface area (Å²) in [6.07, 6.45) is -2.99. The van der Waals surface area contributed by atoms with Gasteiger partial charge in [0.05, 0.1) is 52.9 Å². The number of carbonyl (C=O) groups excluding carboxylic acids is 3. The molecule has 0 saturated carbocycles. The number of methoxy groups -OCH3 is 4. The maximum Gasteiger partial charge on any atom is 0.305 e. The lowest BCUT2D eigenvalue weighted by atomic mass is 10.0. The van der Waals surface area contributed by atoms with Crippen LogP contribution in [0, 0.1) is 0 Å². The molecule has 1 aliphatic heterocycles. The third-order valence-electron chi connectivity index (χ3n) is 10.9. The first kappa shape index (κ1) is 82.0. The lowest BCUT2D eigenvalue weighted by molar-refractivity contribution is -0.274. The van der Waals surface area contributed by atoms with Crippen molar-refractivity contribution < 1.29 is 123 Å². The molecule has 0 aromatic heterocycles. The molecule has 0 aromatic carbocycles. The number of carbonyl (C=O) groups is 4. The van der Waals surface area contributed by atoms with Crippen LogP contribution >= 0.6 is 0 Å². The van der Waals surface area contributed by atoms with E-state index in [1.807, 2.05) is 48.5 Å². The number of aliphatic carboxylic acids is 1. The molecule has 1 rings (SSSR count). The molecule has 0 aromatic rings. The predicted octanol–water partition coefficient (Wildman–Crippen LogP) is 0.650. The molecular formula is C50H103NO25. The summed E-state index contributed by atoms with van der Waals surface area (Å²) in [5.74, 6) is -6.91. The Kier molecular flexibility index (Phi) is 50.7. The Morgan fingerprint density at radius 1 is 0.579 bits per heavy atom. The second kappa shape index (κ2) is 47.0. The molecule has 76 heavy (non-hydrogen) atoms. The number of hydrogen-bond acceptors (Lipinski definition) is 24. The Morgan fingerprint density at radius 3 is 1.17 bits per heavy atom. The van der Waals surface area contributed by atoms with E-state index in [9.17, 15) is 49.8 Å². The van der Waals surface area contributed by atoms with E-state index < -0.39 is 90.9 Å². The number of esters is 2. The molecule has 458 valence electrons. The zero-order valence-electron chi connectivity index (χ0n) is 48.2. The van der Waals surface area contributed by atoms with Crippen molar-refractivity contribution in [2.75, 3.05) is 94.5 Å². The van der Waals surface area contributed by atoms with Crippen molar-refractivity contribution in [1.29, 1.82) is 0 Å². The monoisotopic (exact) mass is 1120 g/mol. The first-order valence-corrected chi connectivity index (χ1v) is 25.8. The van der Waals surface area contributed by atoms with Gasteiger partial charge in [-0.05, 0) is 33.6 Å². The van der Waals surface area contributed by atoms with E-state index in [0.29, 0.717) is 32.1 Å². The summed E-state index contributed by atoms with van der Waals surface area (Å²) >= 11 is 0. The van der Waals surface area contributed by atoms with Crippen molar-refractivity contribution in [3.05, 3.63) is 0 Å². The molecule has 9 atom stereocenters. The number of nitrogens with one attached hydrogen (secondary N) is 1. The van der Waals surface area contributed by atoms with Crippen molar-refractivity contribution in [3.8, 4) is 0 Å². The van der Waals surface area contributed by atoms with Crippen LogP contribution in [0.3, 0.4) is 0 Å². The minimum atomic E-state index is -1.25. The van der Waals surface area contributed by atoms with E-state index >= 15 is 0 Å². The number of rotatable bonds is 34. The summed E-state index contributed by atoms with van der Waals surface area (Å²) in [5.41, 5.74) is -0.302. The van der Waals surface area contributed by atoms with Gasteiger partial charge in [0.2, 0.25) is 5.91 Å². The summed E-state index contributed by atoms with van der Waals surface area (Å²) in [4.78, 5) is 45.1. The largest absolute Gasteiger partial charge is 0.481 e. The van der Waals surface area contributed by atoms with Gasteiger partial charge >= 0.3 is 17.9 Å². The van der Waals surface area contributed by atoms with Gasteiger partial charge in [-0.1, -0.05) is 55.4 Å². The molecule has 0 bridgehead atoms. The maximum absolute atomic E-state index is 11.7. The number of aliphatic hydroxyl groups is 10. The average Bonchev–Trinajstić information content (AvgIpc) is 3.68. The number of aliphatic hydroxyl groups excluding tert-OH is 10. The van der Waals surface area contributed by atoms with E-state index in [2.05, 4.69) is 5.32 Å². The molecule has 0 spiro atoms. The Morgan fingerprint density at radius 2 is 0.934 bits per heavy atom. The molecule has 1 saturated heterocycles. The fourth-order valence-electron chi connectivity index (χ4n) is 6.14. The molecule has 1 fully saturated rings. The molecule has 1 aliphatic rings. The third-order valence-corrected chi connectivity index (χ3v) is 10.9. The summed E-state index contributed by atoms with van der Waals surface area (Å²) in [6.45, 7) is 17.5. The van der Waals surface area contributed by atoms with Crippen molar-refractivity contribution >= 4 is 23.8 Å². The van der Waals surface area contributed by atoms with Gasteiger partial charge in [0.15, 0.2) is 23.1 Å². The van der Waals surface area contributed by atoms with E-state index in [4.69, 9.17) is 72.9 Å². The smallest absolute Gasteiger partial charge is 0.305 e. The normalized spacial score (nSPS) is 19.9. The topological polar surface area (TPSA) is 395 Å². The summed E-state index contributed by atoms with van der Waals surface area (Å²) in [6, 6.07) is 0. The van der Waals surface area contributed by atoms with E-state index in [1.165, 1.54) is 28.4 Å². The lowest BCUT2D eigenvalue weighted by Gasteiger charge is -2.32. The number of amides is 1. The van der Waals surface area contributed by atoms with Gasteiger partial charge in [0.25, 0.3) is 0 Å². The van der Waals surface area contributed by atoms with Crippen LogP contribution in [0.25, 0.3) is 0 Å². The Labute approximate surface area is 451 Å². The van der Waals surface area contributed by atoms with Crippen molar-refractivity contribution in [1.82, 2.24) is 5.32 Å². The standard InChI is InChI=1S/C17H33NO7.C13H24O8.C8H16O5.C8H18O5.2C2H6/c1-6-17(12-20,23-5)25-13(10-19)11-24-15(22)9-7-8-14(21)18-16(2,3)4;1-3-13(9-15,19-2)21-10(7-14)8-20-12(18)6-4-5-11(16)17;1-3-8(12-2)7(11)6(10)5(4-9)13-8;1-3-8(6-11,12-2)13-7(4-9)5-10;2*1-2/h13,19-20H,6-12H2,1-5H3,(H,18,21);10,14-15H,3-9H2,1-2H3,(H,16,17);5-7,9-11H,3-4H2,1-2H3;7,9-11H,3-6H2,1-2H3;2*1-2H3/t13?,17-;10?,13-;5-,6+,7+,8-;8-;;/m1111../s1. The highest BCUT2D eigenvalue weighted by atomic mass is 16.7. The second-order valence-electron chi connectivity index (χ2n) is 17.2. The van der Waals surface area contributed by atoms with Crippen LogP contribution in [0.4, 0.5) is 0 Å². The Hall–Kier alpha value is -2.84. The predicted molar refractivity (Wildman–Crippen MR) is 276 cm³/mol. The van der Waals surface area contributed by atoms with Gasteiger partial charge < -0.3 is 109 Å². The van der Waals surface area contributed by atoms with Crippen LogP contribution in [0.2, 0.25) is 0 Å². The van der Waals surface area contributed by atoms with E-state index in [0.717, 1.165) is 0 Å². The van der Waals surface area contributed by atoms with Gasteiger partial charge in [0, 0.05) is 85.3 Å². The van der Waals surface area contributed by atoms with Gasteiger partial charge in [-0.25, -0.2) is 0 Å². The number of ether oxygens (including phenoxy) is 10. The van der Waals surface area contributed by atoms with Crippen LogP contribution < -0.4 is 5.32 Å². The first-order chi connectivity index (χ1) is 35.8. The van der Waals surface area contributed by atoms with Crippen molar-refractivity contribution in [2.45, 2.75) is 206 Å². The summed E-state index contributed by atoms with van der Waals surface area (Å²) in [7, 11) is 5.57. The van der Waals surface area contributed by atoms with Crippen LogP contribution in [-0.2, 0) is 66.5 Å². The van der Waals surface area contributed by atoms with Crippen LogP contribution in [-0.4, -0.2) is 240 Å². The quantitative estimate of drug-likeness (QED) is 0.0311. The van der Waals surface area contributed by atoms with Gasteiger partial charge in [-0.3, -0.25) is 19.2 Å².